The van der Waals surface area contributed by atoms with E-state index in [1.165, 1.54) is 16.7 Å². The molecule has 3 heterocycles. The summed E-state index contributed by atoms with van der Waals surface area (Å²) in [6, 6.07) is 5.88. The SMILES string of the molecule is CC(C)n1cc(C(F)(F)F)nc1-c1ccc(Cn2ccc3cnc(Cl)nc32)cc1F. The van der Waals surface area contributed by atoms with Gasteiger partial charge in [-0.1, -0.05) is 6.07 Å². The minimum absolute atomic E-state index is 0.00526. The van der Waals surface area contributed by atoms with Gasteiger partial charge in [-0.05, 0) is 49.2 Å². The first-order chi connectivity index (χ1) is 14.1. The third-order valence-electron chi connectivity index (χ3n) is 4.68. The minimum atomic E-state index is -4.61. The molecule has 0 aliphatic rings. The second-order valence-electron chi connectivity index (χ2n) is 7.12. The van der Waals surface area contributed by atoms with Crippen molar-refractivity contribution in [3.05, 3.63) is 65.2 Å². The molecule has 5 nitrogen and oxygen atoms in total. The fourth-order valence-corrected chi connectivity index (χ4v) is 3.36. The maximum Gasteiger partial charge on any atom is 0.434 e. The van der Waals surface area contributed by atoms with Crippen LogP contribution in [0.5, 0.6) is 0 Å². The lowest BCUT2D eigenvalue weighted by atomic mass is 10.1. The Labute approximate surface area is 174 Å². The van der Waals surface area contributed by atoms with Crippen molar-refractivity contribution in [1.29, 1.82) is 0 Å². The molecule has 0 saturated heterocycles. The van der Waals surface area contributed by atoms with Gasteiger partial charge in [0.25, 0.3) is 0 Å². The molecule has 4 rings (SSSR count). The van der Waals surface area contributed by atoms with E-state index in [0.717, 1.165) is 11.6 Å². The van der Waals surface area contributed by atoms with Crippen molar-refractivity contribution in [2.45, 2.75) is 32.6 Å². The van der Waals surface area contributed by atoms with Gasteiger partial charge in [0.1, 0.15) is 17.3 Å². The van der Waals surface area contributed by atoms with Crippen LogP contribution in [0.3, 0.4) is 0 Å². The van der Waals surface area contributed by atoms with Gasteiger partial charge in [0, 0.05) is 36.6 Å². The van der Waals surface area contributed by atoms with Gasteiger partial charge in [-0.2, -0.15) is 18.2 Å². The van der Waals surface area contributed by atoms with Gasteiger partial charge in [0.15, 0.2) is 5.69 Å². The number of benzene rings is 1. The van der Waals surface area contributed by atoms with E-state index in [4.69, 9.17) is 11.6 Å². The summed E-state index contributed by atoms with van der Waals surface area (Å²) in [5.41, 5.74) is 0.169. The molecule has 156 valence electrons. The molecule has 0 N–H and O–H groups in total. The molecular formula is C20H16ClF4N5. The van der Waals surface area contributed by atoms with E-state index in [1.807, 2.05) is 6.07 Å². The smallest absolute Gasteiger partial charge is 0.328 e. The van der Waals surface area contributed by atoms with E-state index in [-0.39, 0.29) is 22.7 Å². The minimum Gasteiger partial charge on any atom is -0.328 e. The van der Waals surface area contributed by atoms with Crippen molar-refractivity contribution in [3.8, 4) is 11.4 Å². The van der Waals surface area contributed by atoms with Crippen LogP contribution in [-0.4, -0.2) is 24.1 Å². The standard InChI is InChI=1S/C20H16ClF4N5/c1-11(2)30-10-16(20(23,24)25)27-18(30)14-4-3-12(7-15(14)22)9-29-6-5-13-8-26-19(21)28-17(13)29/h3-8,10-11H,9H2,1-2H3. The molecule has 0 radical (unpaired) electrons. The largest absolute Gasteiger partial charge is 0.434 e. The summed E-state index contributed by atoms with van der Waals surface area (Å²) in [6.45, 7) is 3.73. The zero-order valence-corrected chi connectivity index (χ0v) is 16.7. The van der Waals surface area contributed by atoms with Gasteiger partial charge >= 0.3 is 6.18 Å². The van der Waals surface area contributed by atoms with E-state index in [2.05, 4.69) is 15.0 Å². The maximum atomic E-state index is 14.9. The predicted molar refractivity (Wildman–Crippen MR) is 105 cm³/mol. The Morgan fingerprint density at radius 1 is 1.13 bits per heavy atom. The van der Waals surface area contributed by atoms with Crippen LogP contribution in [-0.2, 0) is 12.7 Å². The summed E-state index contributed by atoms with van der Waals surface area (Å²) in [7, 11) is 0. The van der Waals surface area contributed by atoms with E-state index >= 15 is 0 Å². The molecule has 3 aromatic heterocycles. The van der Waals surface area contributed by atoms with E-state index in [9.17, 15) is 17.6 Å². The van der Waals surface area contributed by atoms with Crippen molar-refractivity contribution in [1.82, 2.24) is 24.1 Å². The maximum absolute atomic E-state index is 14.9. The summed E-state index contributed by atoms with van der Waals surface area (Å²) in [4.78, 5) is 11.8. The summed E-state index contributed by atoms with van der Waals surface area (Å²) in [5, 5.41) is 0.889. The first-order valence-corrected chi connectivity index (χ1v) is 9.43. The predicted octanol–water partition coefficient (Wildman–Crippen LogP) is 5.74. The molecule has 0 spiro atoms. The summed E-state index contributed by atoms with van der Waals surface area (Å²) in [5.74, 6) is -0.717. The van der Waals surface area contributed by atoms with Crippen molar-refractivity contribution < 1.29 is 17.6 Å². The van der Waals surface area contributed by atoms with Crippen LogP contribution in [0.2, 0.25) is 5.28 Å². The second kappa shape index (κ2) is 7.39. The summed E-state index contributed by atoms with van der Waals surface area (Å²) < 4.78 is 57.3. The third kappa shape index (κ3) is 3.77. The van der Waals surface area contributed by atoms with E-state index in [1.54, 1.807) is 36.9 Å². The molecule has 0 unspecified atom stereocenters. The second-order valence-corrected chi connectivity index (χ2v) is 7.46. The average molecular weight is 438 g/mol. The highest BCUT2D eigenvalue weighted by Gasteiger charge is 2.35. The number of alkyl halides is 3. The molecule has 1 aromatic carbocycles. The number of imidazole rings is 1. The zero-order valence-electron chi connectivity index (χ0n) is 16.0. The van der Waals surface area contributed by atoms with Crippen LogP contribution in [0.1, 0.15) is 31.1 Å². The van der Waals surface area contributed by atoms with Crippen LogP contribution >= 0.6 is 11.6 Å². The third-order valence-corrected chi connectivity index (χ3v) is 4.86. The lowest BCUT2D eigenvalue weighted by Gasteiger charge is -2.13. The van der Waals surface area contributed by atoms with Crippen LogP contribution in [0.15, 0.2) is 42.9 Å². The highest BCUT2D eigenvalue weighted by molar-refractivity contribution is 6.28. The van der Waals surface area contributed by atoms with Crippen LogP contribution in [0.25, 0.3) is 22.4 Å². The Balaban J connectivity index is 1.70. The van der Waals surface area contributed by atoms with Crippen LogP contribution in [0, 0.1) is 5.82 Å². The van der Waals surface area contributed by atoms with Crippen molar-refractivity contribution in [2.24, 2.45) is 0 Å². The monoisotopic (exact) mass is 437 g/mol. The molecule has 0 saturated carbocycles. The number of nitrogens with zero attached hydrogens (tertiary/aromatic N) is 5. The molecule has 0 aliphatic heterocycles. The molecule has 0 fully saturated rings. The molecule has 0 bridgehead atoms. The first kappa shape index (κ1) is 20.3. The molecule has 10 heteroatoms. The fraction of sp³-hybridized carbons (Fsp3) is 0.250. The Hall–Kier alpha value is -2.94. The topological polar surface area (TPSA) is 48.5 Å². The van der Waals surface area contributed by atoms with Gasteiger partial charge in [0.05, 0.1) is 5.56 Å². The molecular weight excluding hydrogens is 422 g/mol. The van der Waals surface area contributed by atoms with Gasteiger partial charge in [-0.25, -0.2) is 14.4 Å². The first-order valence-electron chi connectivity index (χ1n) is 9.05. The lowest BCUT2D eigenvalue weighted by molar-refractivity contribution is -0.140. The van der Waals surface area contributed by atoms with E-state index in [0.29, 0.717) is 17.8 Å². The summed E-state index contributed by atoms with van der Waals surface area (Å²) >= 11 is 5.85. The highest BCUT2D eigenvalue weighted by Crippen LogP contribution is 2.33. The zero-order chi connectivity index (χ0) is 21.6. The highest BCUT2D eigenvalue weighted by atomic mass is 35.5. The van der Waals surface area contributed by atoms with Crippen LogP contribution in [0.4, 0.5) is 17.6 Å². The van der Waals surface area contributed by atoms with Gasteiger partial charge < -0.3 is 9.13 Å². The van der Waals surface area contributed by atoms with Crippen molar-refractivity contribution in [2.75, 3.05) is 0 Å². The number of hydrogen-bond donors (Lipinski definition) is 0. The average Bonchev–Trinajstić information content (AvgIpc) is 3.27. The van der Waals surface area contributed by atoms with Crippen molar-refractivity contribution in [3.63, 3.8) is 0 Å². The quantitative estimate of drug-likeness (QED) is 0.302. The number of rotatable bonds is 4. The molecule has 0 atom stereocenters. The van der Waals surface area contributed by atoms with Gasteiger partial charge in [-0.3, -0.25) is 0 Å². The Bertz CT molecular complexity index is 1230. The van der Waals surface area contributed by atoms with E-state index < -0.39 is 17.7 Å². The number of hydrogen-bond acceptors (Lipinski definition) is 3. The number of aromatic nitrogens is 5. The van der Waals surface area contributed by atoms with Crippen molar-refractivity contribution >= 4 is 22.6 Å². The van der Waals surface area contributed by atoms with Crippen LogP contribution < -0.4 is 0 Å². The number of halogens is 5. The molecule has 30 heavy (non-hydrogen) atoms. The van der Waals surface area contributed by atoms with Gasteiger partial charge in [-0.15, -0.1) is 0 Å². The van der Waals surface area contributed by atoms with Gasteiger partial charge in [0.2, 0.25) is 5.28 Å². The molecule has 0 aliphatic carbocycles. The fourth-order valence-electron chi connectivity index (χ4n) is 3.24. The number of fused-ring (bicyclic) bond motifs is 1. The lowest BCUT2D eigenvalue weighted by Crippen LogP contribution is -2.05. The Kier molecular flexibility index (Phi) is 5.01. The normalized spacial score (nSPS) is 12.3. The molecule has 0 amide bonds. The Morgan fingerprint density at radius 2 is 1.90 bits per heavy atom. The summed E-state index contributed by atoms with van der Waals surface area (Å²) in [6.07, 6.45) is -0.329. The molecule has 4 aromatic rings. The Morgan fingerprint density at radius 3 is 2.57 bits per heavy atom.